The molecule has 1 atom stereocenters. The van der Waals surface area contributed by atoms with Crippen LogP contribution in [0.4, 0.5) is 15.8 Å². The summed E-state index contributed by atoms with van der Waals surface area (Å²) in [6.07, 6.45) is 4.20. The molecule has 2 rings (SSSR count). The summed E-state index contributed by atoms with van der Waals surface area (Å²) in [5, 5.41) is 9.40. The highest BCUT2D eigenvalue weighted by atomic mass is 19.1. The fourth-order valence-corrected chi connectivity index (χ4v) is 2.44. The molecule has 1 aliphatic rings. The van der Waals surface area contributed by atoms with Crippen LogP contribution in [0.3, 0.4) is 0 Å². The maximum absolute atomic E-state index is 13.9. The Morgan fingerprint density at radius 3 is 2.88 bits per heavy atom. The zero-order valence-electron chi connectivity index (χ0n) is 9.90. The topological polar surface area (TPSA) is 49.5 Å². The second-order valence-electron chi connectivity index (χ2n) is 4.59. The number of rotatable bonds is 2. The summed E-state index contributed by atoms with van der Waals surface area (Å²) in [7, 11) is 0. The molecule has 0 spiro atoms. The van der Waals surface area contributed by atoms with Gasteiger partial charge in [-0.15, -0.1) is 0 Å². The van der Waals surface area contributed by atoms with Crippen molar-refractivity contribution in [3.05, 3.63) is 24.0 Å². The molecule has 3 nitrogen and oxygen atoms in total. The van der Waals surface area contributed by atoms with Gasteiger partial charge in [0.15, 0.2) is 0 Å². The van der Waals surface area contributed by atoms with E-state index in [1.165, 1.54) is 6.07 Å². The van der Waals surface area contributed by atoms with Crippen LogP contribution in [0.25, 0.3) is 0 Å². The van der Waals surface area contributed by atoms with E-state index in [1.807, 2.05) is 4.90 Å². The van der Waals surface area contributed by atoms with Gasteiger partial charge in [-0.1, -0.05) is 12.8 Å². The Morgan fingerprint density at radius 2 is 2.18 bits per heavy atom. The van der Waals surface area contributed by atoms with Crippen LogP contribution < -0.4 is 10.6 Å². The molecule has 0 saturated carbocycles. The number of hydrogen-bond acceptors (Lipinski definition) is 3. The molecule has 0 bridgehead atoms. The minimum atomic E-state index is -0.301. The Bertz CT molecular complexity index is 384. The summed E-state index contributed by atoms with van der Waals surface area (Å²) in [6.45, 7) is 0.871. The van der Waals surface area contributed by atoms with Crippen molar-refractivity contribution in [2.45, 2.75) is 31.7 Å². The molecular formula is C13H19FN2O. The first kappa shape index (κ1) is 12.2. The molecule has 1 unspecified atom stereocenters. The van der Waals surface area contributed by atoms with Gasteiger partial charge >= 0.3 is 0 Å². The van der Waals surface area contributed by atoms with Crippen LogP contribution >= 0.6 is 0 Å². The SMILES string of the molecule is Nc1ccc(N2CCCCCC2CO)c(F)c1. The van der Waals surface area contributed by atoms with E-state index < -0.39 is 0 Å². The van der Waals surface area contributed by atoms with Crippen molar-refractivity contribution >= 4 is 11.4 Å². The van der Waals surface area contributed by atoms with Gasteiger partial charge in [0.2, 0.25) is 0 Å². The molecule has 17 heavy (non-hydrogen) atoms. The molecule has 4 heteroatoms. The molecule has 0 aromatic heterocycles. The molecule has 1 aromatic rings. The number of aliphatic hydroxyl groups excluding tert-OH is 1. The van der Waals surface area contributed by atoms with Crippen molar-refractivity contribution in [2.24, 2.45) is 0 Å². The summed E-state index contributed by atoms with van der Waals surface area (Å²) in [5.41, 5.74) is 6.53. The van der Waals surface area contributed by atoms with Gasteiger partial charge in [0.25, 0.3) is 0 Å². The second kappa shape index (κ2) is 5.36. The summed E-state index contributed by atoms with van der Waals surface area (Å²) in [4.78, 5) is 1.97. The van der Waals surface area contributed by atoms with E-state index >= 15 is 0 Å². The molecule has 1 saturated heterocycles. The lowest BCUT2D eigenvalue weighted by Gasteiger charge is -2.31. The Labute approximate surface area is 101 Å². The third-order valence-electron chi connectivity index (χ3n) is 3.37. The Balaban J connectivity index is 2.28. The van der Waals surface area contributed by atoms with Gasteiger partial charge in [-0.3, -0.25) is 0 Å². The van der Waals surface area contributed by atoms with Crippen molar-refractivity contribution in [1.29, 1.82) is 0 Å². The molecule has 1 aliphatic heterocycles. The summed E-state index contributed by atoms with van der Waals surface area (Å²) in [6, 6.07) is 4.78. The maximum Gasteiger partial charge on any atom is 0.148 e. The quantitative estimate of drug-likeness (QED) is 0.776. The highest BCUT2D eigenvalue weighted by molar-refractivity contribution is 5.55. The van der Waals surface area contributed by atoms with E-state index in [9.17, 15) is 9.50 Å². The smallest absolute Gasteiger partial charge is 0.148 e. The lowest BCUT2D eigenvalue weighted by atomic mass is 10.1. The van der Waals surface area contributed by atoms with Crippen LogP contribution in [0.2, 0.25) is 0 Å². The summed E-state index contributed by atoms with van der Waals surface area (Å²) < 4.78 is 13.9. The van der Waals surface area contributed by atoms with Crippen molar-refractivity contribution < 1.29 is 9.50 Å². The number of aliphatic hydroxyl groups is 1. The first-order valence-electron chi connectivity index (χ1n) is 6.15. The number of halogens is 1. The summed E-state index contributed by atoms with van der Waals surface area (Å²) in [5.74, 6) is -0.301. The highest BCUT2D eigenvalue weighted by Gasteiger charge is 2.22. The molecular weight excluding hydrogens is 219 g/mol. The number of hydrogen-bond donors (Lipinski definition) is 2. The van der Waals surface area contributed by atoms with E-state index in [0.717, 1.165) is 32.2 Å². The zero-order valence-corrected chi connectivity index (χ0v) is 9.90. The third kappa shape index (κ3) is 2.69. The molecule has 0 amide bonds. The standard InChI is InChI=1S/C13H19FN2O/c14-12-8-10(15)5-6-13(12)16-7-3-1-2-4-11(16)9-17/h5-6,8,11,17H,1-4,7,9,15H2. The number of anilines is 2. The molecule has 3 N–H and O–H groups in total. The van der Waals surface area contributed by atoms with Crippen LogP contribution in [0, 0.1) is 5.82 Å². The van der Waals surface area contributed by atoms with Gasteiger partial charge in [-0.05, 0) is 31.0 Å². The van der Waals surface area contributed by atoms with Gasteiger partial charge in [0.1, 0.15) is 5.82 Å². The highest BCUT2D eigenvalue weighted by Crippen LogP contribution is 2.27. The lowest BCUT2D eigenvalue weighted by molar-refractivity contribution is 0.254. The van der Waals surface area contributed by atoms with Crippen LogP contribution in [0.15, 0.2) is 18.2 Å². The van der Waals surface area contributed by atoms with Crippen molar-refractivity contribution in [3.8, 4) is 0 Å². The Morgan fingerprint density at radius 1 is 1.35 bits per heavy atom. The molecule has 0 aliphatic carbocycles. The monoisotopic (exact) mass is 238 g/mol. The van der Waals surface area contributed by atoms with E-state index in [-0.39, 0.29) is 18.5 Å². The molecule has 1 fully saturated rings. The zero-order chi connectivity index (χ0) is 12.3. The number of benzene rings is 1. The minimum absolute atomic E-state index is 0.0237. The van der Waals surface area contributed by atoms with Crippen LogP contribution in [-0.4, -0.2) is 24.3 Å². The fraction of sp³-hybridized carbons (Fsp3) is 0.538. The largest absolute Gasteiger partial charge is 0.399 e. The predicted molar refractivity (Wildman–Crippen MR) is 67.5 cm³/mol. The number of nitrogens with two attached hydrogens (primary N) is 1. The van der Waals surface area contributed by atoms with Gasteiger partial charge in [-0.25, -0.2) is 4.39 Å². The average Bonchev–Trinajstić information content (AvgIpc) is 2.54. The van der Waals surface area contributed by atoms with Gasteiger partial charge < -0.3 is 15.7 Å². The second-order valence-corrected chi connectivity index (χ2v) is 4.59. The van der Waals surface area contributed by atoms with Crippen molar-refractivity contribution in [2.75, 3.05) is 23.8 Å². The third-order valence-corrected chi connectivity index (χ3v) is 3.37. The average molecular weight is 238 g/mol. The lowest BCUT2D eigenvalue weighted by Crippen LogP contribution is -2.38. The summed E-state index contributed by atoms with van der Waals surface area (Å²) >= 11 is 0. The Hall–Kier alpha value is -1.29. The first-order valence-corrected chi connectivity index (χ1v) is 6.15. The molecule has 94 valence electrons. The maximum atomic E-state index is 13.9. The van der Waals surface area contributed by atoms with Crippen LogP contribution in [-0.2, 0) is 0 Å². The van der Waals surface area contributed by atoms with Crippen molar-refractivity contribution in [3.63, 3.8) is 0 Å². The molecule has 1 aromatic carbocycles. The number of nitrogen functional groups attached to an aromatic ring is 1. The van der Waals surface area contributed by atoms with E-state index in [2.05, 4.69) is 0 Å². The van der Waals surface area contributed by atoms with Crippen LogP contribution in [0.5, 0.6) is 0 Å². The van der Waals surface area contributed by atoms with E-state index in [1.54, 1.807) is 12.1 Å². The fourth-order valence-electron chi connectivity index (χ4n) is 2.44. The first-order chi connectivity index (χ1) is 8.22. The van der Waals surface area contributed by atoms with Gasteiger partial charge in [-0.2, -0.15) is 0 Å². The minimum Gasteiger partial charge on any atom is -0.399 e. The van der Waals surface area contributed by atoms with Crippen molar-refractivity contribution in [1.82, 2.24) is 0 Å². The molecule has 0 radical (unpaired) electrons. The van der Waals surface area contributed by atoms with Crippen LogP contribution in [0.1, 0.15) is 25.7 Å². The van der Waals surface area contributed by atoms with E-state index in [4.69, 9.17) is 5.73 Å². The Kier molecular flexibility index (Phi) is 3.84. The number of nitrogens with zero attached hydrogens (tertiary/aromatic N) is 1. The van der Waals surface area contributed by atoms with E-state index in [0.29, 0.717) is 11.4 Å². The van der Waals surface area contributed by atoms with Gasteiger partial charge in [0, 0.05) is 12.2 Å². The predicted octanol–water partition coefficient (Wildman–Crippen LogP) is 2.15. The van der Waals surface area contributed by atoms with Gasteiger partial charge in [0.05, 0.1) is 18.3 Å². The molecule has 1 heterocycles. The normalized spacial score (nSPS) is 21.3.